The van der Waals surface area contributed by atoms with E-state index in [2.05, 4.69) is 39.3 Å². The zero-order valence-corrected chi connectivity index (χ0v) is 19.9. The van der Waals surface area contributed by atoms with Crippen LogP contribution in [0.1, 0.15) is 43.2 Å². The molecule has 0 spiro atoms. The standard InChI is InChI=1S/C21H22Cl2N4OS2/c1-12(2)27-20(17-10-29-18-6-4-3-5-16(17)18)25-26-21(27)30-11-19(28)24-15-8-13(22)7-14(23)9-15/h7-10,12H,3-6,11H2,1-2H3,(H,24,28). The number of thioether (sulfide) groups is 1. The first-order valence-electron chi connectivity index (χ1n) is 9.85. The van der Waals surface area contributed by atoms with Crippen LogP contribution in [0.25, 0.3) is 11.4 Å². The molecule has 0 fully saturated rings. The Morgan fingerprint density at radius 3 is 2.67 bits per heavy atom. The first-order valence-corrected chi connectivity index (χ1v) is 12.5. The third-order valence-corrected chi connectivity index (χ3v) is 7.43. The van der Waals surface area contributed by atoms with Gasteiger partial charge in [0.15, 0.2) is 11.0 Å². The van der Waals surface area contributed by atoms with E-state index in [9.17, 15) is 4.79 Å². The summed E-state index contributed by atoms with van der Waals surface area (Å²) in [7, 11) is 0. The van der Waals surface area contributed by atoms with Gasteiger partial charge in [0.05, 0.1) is 5.75 Å². The maximum atomic E-state index is 12.4. The van der Waals surface area contributed by atoms with Crippen LogP contribution < -0.4 is 5.32 Å². The molecule has 1 aliphatic rings. The summed E-state index contributed by atoms with van der Waals surface area (Å²) in [6.07, 6.45) is 4.75. The predicted octanol–water partition coefficient (Wildman–Crippen LogP) is 6.50. The second-order valence-electron chi connectivity index (χ2n) is 7.52. The molecule has 1 aromatic carbocycles. The first-order chi connectivity index (χ1) is 14.4. The largest absolute Gasteiger partial charge is 0.325 e. The minimum Gasteiger partial charge on any atom is -0.325 e. The van der Waals surface area contributed by atoms with Gasteiger partial charge >= 0.3 is 0 Å². The average molecular weight is 481 g/mol. The van der Waals surface area contributed by atoms with Crippen LogP contribution in [0.15, 0.2) is 28.7 Å². The number of amides is 1. The molecule has 2 heterocycles. The number of nitrogens with zero attached hydrogens (tertiary/aromatic N) is 3. The van der Waals surface area contributed by atoms with Crippen molar-refractivity contribution >= 4 is 57.9 Å². The number of hydrogen-bond acceptors (Lipinski definition) is 5. The molecule has 5 nitrogen and oxygen atoms in total. The Morgan fingerprint density at radius 1 is 1.20 bits per heavy atom. The quantitative estimate of drug-likeness (QED) is 0.408. The smallest absolute Gasteiger partial charge is 0.234 e. The highest BCUT2D eigenvalue weighted by Crippen LogP contribution is 2.38. The van der Waals surface area contributed by atoms with Gasteiger partial charge in [-0.1, -0.05) is 35.0 Å². The molecule has 0 atom stereocenters. The summed E-state index contributed by atoms with van der Waals surface area (Å²) in [6.45, 7) is 4.23. The fraction of sp³-hybridized carbons (Fsp3) is 0.381. The van der Waals surface area contributed by atoms with Gasteiger partial charge in [-0.05, 0) is 63.3 Å². The number of rotatable bonds is 6. The molecule has 0 aliphatic heterocycles. The molecule has 1 aliphatic carbocycles. The summed E-state index contributed by atoms with van der Waals surface area (Å²) in [5, 5.41) is 15.7. The molecule has 0 saturated carbocycles. The van der Waals surface area contributed by atoms with Crippen LogP contribution in [0.3, 0.4) is 0 Å². The number of thiophene rings is 1. The van der Waals surface area contributed by atoms with E-state index in [1.165, 1.54) is 40.6 Å². The van der Waals surface area contributed by atoms with E-state index in [0.29, 0.717) is 15.7 Å². The molecule has 9 heteroatoms. The number of benzene rings is 1. The van der Waals surface area contributed by atoms with E-state index in [0.717, 1.165) is 23.8 Å². The van der Waals surface area contributed by atoms with Gasteiger partial charge in [0.25, 0.3) is 0 Å². The molecular weight excluding hydrogens is 459 g/mol. The molecule has 0 radical (unpaired) electrons. The van der Waals surface area contributed by atoms with Crippen LogP contribution >= 0.6 is 46.3 Å². The first kappa shape index (κ1) is 21.7. The number of hydrogen-bond donors (Lipinski definition) is 1. The fourth-order valence-corrected chi connectivity index (χ4v) is 6.18. The lowest BCUT2D eigenvalue weighted by molar-refractivity contribution is -0.113. The highest BCUT2D eigenvalue weighted by Gasteiger charge is 2.23. The summed E-state index contributed by atoms with van der Waals surface area (Å²) in [4.78, 5) is 13.9. The summed E-state index contributed by atoms with van der Waals surface area (Å²) < 4.78 is 2.13. The van der Waals surface area contributed by atoms with Crippen LogP contribution in [-0.4, -0.2) is 26.4 Å². The number of aromatic nitrogens is 3. The van der Waals surface area contributed by atoms with Gasteiger partial charge in [0.2, 0.25) is 5.91 Å². The van der Waals surface area contributed by atoms with Crippen molar-refractivity contribution in [3.05, 3.63) is 44.1 Å². The van der Waals surface area contributed by atoms with Gasteiger partial charge in [-0.25, -0.2) is 0 Å². The maximum Gasteiger partial charge on any atom is 0.234 e. The summed E-state index contributed by atoms with van der Waals surface area (Å²) in [6, 6.07) is 5.16. The molecule has 30 heavy (non-hydrogen) atoms. The van der Waals surface area contributed by atoms with Gasteiger partial charge in [-0.15, -0.1) is 21.5 Å². The van der Waals surface area contributed by atoms with Crippen LogP contribution in [0.4, 0.5) is 5.69 Å². The van der Waals surface area contributed by atoms with E-state index in [1.54, 1.807) is 18.2 Å². The van der Waals surface area contributed by atoms with Crippen molar-refractivity contribution in [3.8, 4) is 11.4 Å². The molecule has 0 unspecified atom stereocenters. The molecule has 158 valence electrons. The lowest BCUT2D eigenvalue weighted by Gasteiger charge is -2.16. The van der Waals surface area contributed by atoms with Gasteiger partial charge in [-0.3, -0.25) is 9.36 Å². The van der Waals surface area contributed by atoms with E-state index in [1.807, 2.05) is 11.3 Å². The Kier molecular flexibility index (Phi) is 6.72. The van der Waals surface area contributed by atoms with Crippen molar-refractivity contribution in [2.45, 2.75) is 50.7 Å². The van der Waals surface area contributed by atoms with Crippen LogP contribution in [-0.2, 0) is 17.6 Å². The number of carbonyl (C=O) groups excluding carboxylic acids is 1. The second kappa shape index (κ2) is 9.30. The van der Waals surface area contributed by atoms with Crippen LogP contribution in [0.2, 0.25) is 10.0 Å². The predicted molar refractivity (Wildman–Crippen MR) is 126 cm³/mol. The summed E-state index contributed by atoms with van der Waals surface area (Å²) >= 11 is 15.2. The minimum atomic E-state index is -0.147. The Bertz CT molecular complexity index is 1060. The van der Waals surface area contributed by atoms with E-state index >= 15 is 0 Å². The number of aryl methyl sites for hydroxylation is 1. The minimum absolute atomic E-state index is 0.147. The van der Waals surface area contributed by atoms with E-state index in [4.69, 9.17) is 23.2 Å². The molecule has 1 N–H and O–H groups in total. The zero-order valence-electron chi connectivity index (χ0n) is 16.7. The zero-order chi connectivity index (χ0) is 21.3. The van der Waals surface area contributed by atoms with Crippen molar-refractivity contribution in [3.63, 3.8) is 0 Å². The molecule has 3 aromatic rings. The Morgan fingerprint density at radius 2 is 1.93 bits per heavy atom. The Hall–Kier alpha value is -1.54. The number of anilines is 1. The summed E-state index contributed by atoms with van der Waals surface area (Å²) in [5.41, 5.74) is 3.20. The number of carbonyl (C=O) groups is 1. The lowest BCUT2D eigenvalue weighted by atomic mass is 9.95. The fourth-order valence-electron chi connectivity index (χ4n) is 3.66. The molecular formula is C21H22Cl2N4OS2. The molecule has 0 bridgehead atoms. The van der Waals surface area contributed by atoms with Crippen molar-refractivity contribution in [2.75, 3.05) is 11.1 Å². The Balaban J connectivity index is 1.51. The third-order valence-electron chi connectivity index (χ3n) is 4.96. The van der Waals surface area contributed by atoms with Crippen LogP contribution in [0, 0.1) is 0 Å². The lowest BCUT2D eigenvalue weighted by Crippen LogP contribution is -2.15. The Labute approximate surface area is 194 Å². The maximum absolute atomic E-state index is 12.4. The molecule has 1 amide bonds. The van der Waals surface area contributed by atoms with Crippen molar-refractivity contribution < 1.29 is 4.79 Å². The molecule has 2 aromatic heterocycles. The number of fused-ring (bicyclic) bond motifs is 1. The monoisotopic (exact) mass is 480 g/mol. The normalized spacial score (nSPS) is 13.5. The number of nitrogens with one attached hydrogen (secondary N) is 1. The van der Waals surface area contributed by atoms with Gasteiger partial charge in [-0.2, -0.15) is 0 Å². The second-order valence-corrected chi connectivity index (χ2v) is 10.3. The average Bonchev–Trinajstić information content (AvgIpc) is 3.29. The SMILES string of the molecule is CC(C)n1c(SCC(=O)Nc2cc(Cl)cc(Cl)c2)nnc1-c1csc2c1CCCC2. The van der Waals surface area contributed by atoms with Crippen molar-refractivity contribution in [1.82, 2.24) is 14.8 Å². The highest BCUT2D eigenvalue weighted by molar-refractivity contribution is 7.99. The van der Waals surface area contributed by atoms with E-state index < -0.39 is 0 Å². The van der Waals surface area contributed by atoms with Crippen molar-refractivity contribution in [1.29, 1.82) is 0 Å². The molecule has 0 saturated heterocycles. The van der Waals surface area contributed by atoms with Gasteiger partial charge in [0.1, 0.15) is 0 Å². The number of halogens is 2. The van der Waals surface area contributed by atoms with Gasteiger partial charge < -0.3 is 5.32 Å². The topological polar surface area (TPSA) is 59.8 Å². The van der Waals surface area contributed by atoms with E-state index in [-0.39, 0.29) is 17.7 Å². The van der Waals surface area contributed by atoms with Crippen LogP contribution in [0.5, 0.6) is 0 Å². The summed E-state index contributed by atoms with van der Waals surface area (Å²) in [5.74, 6) is 0.969. The third kappa shape index (κ3) is 4.69. The molecule has 4 rings (SSSR count). The van der Waals surface area contributed by atoms with Gasteiger partial charge in [0, 0.05) is 37.6 Å². The highest BCUT2D eigenvalue weighted by atomic mass is 35.5. The van der Waals surface area contributed by atoms with Crippen molar-refractivity contribution in [2.24, 2.45) is 0 Å².